The van der Waals surface area contributed by atoms with Crippen LogP contribution < -0.4 is 0 Å². The first-order valence-corrected chi connectivity index (χ1v) is 7.22. The molecule has 1 atom stereocenters. The molecule has 0 spiro atoms. The Morgan fingerprint density at radius 1 is 1.36 bits per heavy atom. The summed E-state index contributed by atoms with van der Waals surface area (Å²) in [4.78, 5) is 18.3. The first-order valence-electron chi connectivity index (χ1n) is 7.22. The summed E-state index contributed by atoms with van der Waals surface area (Å²) in [5, 5.41) is 13.1. The van der Waals surface area contributed by atoms with Crippen molar-refractivity contribution >= 4 is 5.91 Å². The maximum atomic E-state index is 14.0. The van der Waals surface area contributed by atoms with Crippen LogP contribution in [0.1, 0.15) is 47.9 Å². The van der Waals surface area contributed by atoms with Crippen LogP contribution in [0.15, 0.2) is 29.1 Å². The number of aromatic nitrogens is 2. The summed E-state index contributed by atoms with van der Waals surface area (Å²) in [5.74, 6) is -0.927. The summed E-state index contributed by atoms with van der Waals surface area (Å²) >= 11 is 0. The van der Waals surface area contributed by atoms with E-state index < -0.39 is 11.7 Å². The summed E-state index contributed by atoms with van der Waals surface area (Å²) < 4.78 is 18.7. The summed E-state index contributed by atoms with van der Waals surface area (Å²) in [6.07, 6.45) is 4.73. The van der Waals surface area contributed by atoms with E-state index in [9.17, 15) is 14.3 Å². The Hall–Kier alpha value is -2.44. The van der Waals surface area contributed by atoms with Gasteiger partial charge >= 0.3 is 0 Å². The van der Waals surface area contributed by atoms with Crippen LogP contribution in [0.25, 0.3) is 0 Å². The second-order valence-electron chi connectivity index (χ2n) is 5.32. The van der Waals surface area contributed by atoms with Crippen molar-refractivity contribution in [1.82, 2.24) is 15.0 Å². The van der Waals surface area contributed by atoms with Gasteiger partial charge in [-0.3, -0.25) is 4.79 Å². The van der Waals surface area contributed by atoms with Crippen molar-refractivity contribution in [3.8, 4) is 5.75 Å². The lowest BCUT2D eigenvalue weighted by Gasteiger charge is -2.28. The number of hydrogen-bond acceptors (Lipinski definition) is 5. The van der Waals surface area contributed by atoms with Gasteiger partial charge in [-0.1, -0.05) is 18.0 Å². The molecule has 0 bridgehead atoms. The third kappa shape index (κ3) is 2.79. The number of hydrogen-bond donors (Lipinski definition) is 1. The van der Waals surface area contributed by atoms with Crippen LogP contribution in [-0.2, 0) is 0 Å². The van der Waals surface area contributed by atoms with Crippen LogP contribution in [0.2, 0.25) is 0 Å². The van der Waals surface area contributed by atoms with E-state index >= 15 is 0 Å². The summed E-state index contributed by atoms with van der Waals surface area (Å²) in [6, 6.07) is 3.22. The highest BCUT2D eigenvalue weighted by molar-refractivity contribution is 5.94. The maximum absolute atomic E-state index is 14.0. The van der Waals surface area contributed by atoms with Crippen molar-refractivity contribution in [2.24, 2.45) is 0 Å². The molecule has 0 aliphatic carbocycles. The van der Waals surface area contributed by atoms with Gasteiger partial charge < -0.3 is 14.5 Å². The molecule has 3 rings (SSSR count). The average molecular weight is 305 g/mol. The van der Waals surface area contributed by atoms with Gasteiger partial charge in [-0.05, 0) is 25.0 Å². The molecule has 1 N–H and O–H groups in total. The molecule has 22 heavy (non-hydrogen) atoms. The standard InChI is InChI=1S/C15H16FN3O3/c16-12-8-10(20)5-6-11(12)15(21)19-7-3-1-2-4-13(19)14-17-9-22-18-14/h5-6,8-9,13,20H,1-4,7H2. The van der Waals surface area contributed by atoms with E-state index in [1.54, 1.807) is 4.90 Å². The van der Waals surface area contributed by atoms with Gasteiger partial charge in [0.05, 0.1) is 11.6 Å². The lowest BCUT2D eigenvalue weighted by Crippen LogP contribution is -2.35. The van der Waals surface area contributed by atoms with Crippen LogP contribution >= 0.6 is 0 Å². The molecule has 7 heteroatoms. The molecule has 1 aliphatic heterocycles. The Labute approximate surface area is 126 Å². The summed E-state index contributed by atoms with van der Waals surface area (Å²) in [6.45, 7) is 0.512. The van der Waals surface area contributed by atoms with Gasteiger partial charge in [-0.25, -0.2) is 4.39 Å². The first kappa shape index (κ1) is 14.5. The van der Waals surface area contributed by atoms with Crippen LogP contribution in [0.3, 0.4) is 0 Å². The van der Waals surface area contributed by atoms with Crippen molar-refractivity contribution in [1.29, 1.82) is 0 Å². The quantitative estimate of drug-likeness (QED) is 0.922. The van der Waals surface area contributed by atoms with E-state index in [-0.39, 0.29) is 17.4 Å². The van der Waals surface area contributed by atoms with Crippen molar-refractivity contribution in [2.45, 2.75) is 31.7 Å². The number of amides is 1. The fourth-order valence-corrected chi connectivity index (χ4v) is 2.78. The van der Waals surface area contributed by atoms with Crippen LogP contribution in [0, 0.1) is 5.82 Å². The molecule has 0 saturated carbocycles. The minimum absolute atomic E-state index is 0.0619. The highest BCUT2D eigenvalue weighted by Crippen LogP contribution is 2.30. The normalized spacial score (nSPS) is 19.0. The Balaban J connectivity index is 1.93. The number of aromatic hydroxyl groups is 1. The molecule has 1 aromatic carbocycles. The fraction of sp³-hybridized carbons (Fsp3) is 0.400. The maximum Gasteiger partial charge on any atom is 0.257 e. The number of rotatable bonds is 2. The van der Waals surface area contributed by atoms with Crippen molar-refractivity contribution in [3.63, 3.8) is 0 Å². The Morgan fingerprint density at radius 3 is 2.95 bits per heavy atom. The number of phenolic OH excluding ortho intramolecular Hbond substituents is 1. The predicted octanol–water partition coefficient (Wildman–Crippen LogP) is 2.67. The molecular formula is C15H16FN3O3. The predicted molar refractivity (Wildman–Crippen MR) is 74.6 cm³/mol. The SMILES string of the molecule is O=C(c1ccc(O)cc1F)N1CCCCCC1c1ncon1. The van der Waals surface area contributed by atoms with E-state index in [0.29, 0.717) is 18.8 Å². The van der Waals surface area contributed by atoms with E-state index in [1.807, 2.05) is 0 Å². The zero-order chi connectivity index (χ0) is 15.5. The minimum atomic E-state index is -0.735. The highest BCUT2D eigenvalue weighted by Gasteiger charge is 2.31. The second kappa shape index (κ2) is 6.13. The number of benzene rings is 1. The molecule has 1 saturated heterocycles. The lowest BCUT2D eigenvalue weighted by atomic mass is 10.1. The average Bonchev–Trinajstić information content (AvgIpc) is 2.91. The van der Waals surface area contributed by atoms with Crippen molar-refractivity contribution in [2.75, 3.05) is 6.54 Å². The van der Waals surface area contributed by atoms with Crippen LogP contribution in [0.5, 0.6) is 5.75 Å². The van der Waals surface area contributed by atoms with Crippen LogP contribution in [-0.4, -0.2) is 32.6 Å². The van der Waals surface area contributed by atoms with Gasteiger partial charge in [0.2, 0.25) is 6.39 Å². The van der Waals surface area contributed by atoms with Gasteiger partial charge in [0.15, 0.2) is 5.82 Å². The topological polar surface area (TPSA) is 79.5 Å². The number of phenols is 1. The molecule has 2 heterocycles. The Morgan fingerprint density at radius 2 is 2.23 bits per heavy atom. The molecule has 0 radical (unpaired) electrons. The molecule has 6 nitrogen and oxygen atoms in total. The zero-order valence-electron chi connectivity index (χ0n) is 11.9. The number of halogens is 1. The molecule has 1 fully saturated rings. The second-order valence-corrected chi connectivity index (χ2v) is 5.32. The van der Waals surface area contributed by atoms with Crippen molar-refractivity contribution in [3.05, 3.63) is 41.8 Å². The number of likely N-dealkylation sites (tertiary alicyclic amines) is 1. The monoisotopic (exact) mass is 305 g/mol. The number of nitrogens with zero attached hydrogens (tertiary/aromatic N) is 3. The minimum Gasteiger partial charge on any atom is -0.508 e. The fourth-order valence-electron chi connectivity index (χ4n) is 2.78. The highest BCUT2D eigenvalue weighted by atomic mass is 19.1. The van der Waals surface area contributed by atoms with Crippen molar-refractivity contribution < 1.29 is 18.8 Å². The third-order valence-electron chi connectivity index (χ3n) is 3.87. The van der Waals surface area contributed by atoms with Gasteiger partial charge in [0, 0.05) is 12.6 Å². The van der Waals surface area contributed by atoms with Gasteiger partial charge in [-0.2, -0.15) is 4.98 Å². The van der Waals surface area contributed by atoms with Gasteiger partial charge in [-0.15, -0.1) is 0 Å². The van der Waals surface area contributed by atoms with Gasteiger partial charge in [0.25, 0.3) is 5.91 Å². The van der Waals surface area contributed by atoms with E-state index in [4.69, 9.17) is 4.52 Å². The zero-order valence-corrected chi connectivity index (χ0v) is 11.9. The Kier molecular flexibility index (Phi) is 4.04. The van der Waals surface area contributed by atoms with E-state index in [1.165, 1.54) is 18.5 Å². The summed E-state index contributed by atoms with van der Waals surface area (Å²) in [5.41, 5.74) is -0.0619. The number of carbonyl (C=O) groups is 1. The number of carbonyl (C=O) groups excluding carboxylic acids is 1. The molecule has 1 unspecified atom stereocenters. The molecule has 1 amide bonds. The third-order valence-corrected chi connectivity index (χ3v) is 3.87. The molecule has 1 aromatic heterocycles. The molecule has 2 aromatic rings. The van der Waals surface area contributed by atoms with Gasteiger partial charge in [0.1, 0.15) is 11.6 Å². The Bertz CT molecular complexity index is 660. The summed E-state index contributed by atoms with van der Waals surface area (Å²) in [7, 11) is 0. The lowest BCUT2D eigenvalue weighted by molar-refractivity contribution is 0.0665. The largest absolute Gasteiger partial charge is 0.508 e. The smallest absolute Gasteiger partial charge is 0.257 e. The van der Waals surface area contributed by atoms with E-state index in [2.05, 4.69) is 10.1 Å². The molecule has 116 valence electrons. The molecular weight excluding hydrogens is 289 g/mol. The van der Waals surface area contributed by atoms with E-state index in [0.717, 1.165) is 25.3 Å². The molecule has 1 aliphatic rings. The van der Waals surface area contributed by atoms with Crippen LogP contribution in [0.4, 0.5) is 4.39 Å². The first-order chi connectivity index (χ1) is 10.7.